The Balaban J connectivity index is 1.80. The fourth-order valence-electron chi connectivity index (χ4n) is 3.34. The molecular weight excluding hydrogens is 258 g/mol. The average Bonchev–Trinajstić information content (AvgIpc) is 2.91. The first-order valence-electron chi connectivity index (χ1n) is 7.52. The SMILES string of the molecule is CC1CC(N)Cn2cc(-c3ccc4ccccc4c3)nc21. The number of imidazole rings is 1. The van der Waals surface area contributed by atoms with Gasteiger partial charge in [-0.3, -0.25) is 0 Å². The largest absolute Gasteiger partial charge is 0.332 e. The summed E-state index contributed by atoms with van der Waals surface area (Å²) in [7, 11) is 0. The monoisotopic (exact) mass is 277 g/mol. The Bertz CT molecular complexity index is 803. The van der Waals surface area contributed by atoms with Gasteiger partial charge in [0, 0.05) is 30.3 Å². The van der Waals surface area contributed by atoms with Crippen molar-refractivity contribution in [3.8, 4) is 11.3 Å². The van der Waals surface area contributed by atoms with Gasteiger partial charge < -0.3 is 10.3 Å². The third kappa shape index (κ3) is 2.14. The zero-order chi connectivity index (χ0) is 14.4. The second-order valence-corrected chi connectivity index (χ2v) is 6.10. The number of nitrogens with zero attached hydrogens (tertiary/aromatic N) is 2. The number of benzene rings is 2. The van der Waals surface area contributed by atoms with E-state index in [-0.39, 0.29) is 6.04 Å². The third-order valence-electron chi connectivity index (χ3n) is 4.38. The number of rotatable bonds is 1. The predicted molar refractivity (Wildman–Crippen MR) is 86.2 cm³/mol. The van der Waals surface area contributed by atoms with Crippen molar-refractivity contribution >= 4 is 10.8 Å². The lowest BCUT2D eigenvalue weighted by atomic mass is 9.98. The Morgan fingerprint density at radius 3 is 2.81 bits per heavy atom. The highest BCUT2D eigenvalue weighted by Gasteiger charge is 2.24. The van der Waals surface area contributed by atoms with Crippen LogP contribution in [-0.4, -0.2) is 15.6 Å². The van der Waals surface area contributed by atoms with E-state index in [4.69, 9.17) is 10.7 Å². The number of nitrogens with two attached hydrogens (primary N) is 1. The number of hydrogen-bond acceptors (Lipinski definition) is 2. The molecule has 0 spiro atoms. The first-order valence-corrected chi connectivity index (χ1v) is 7.52. The topological polar surface area (TPSA) is 43.8 Å². The molecule has 1 aliphatic rings. The Kier molecular flexibility index (Phi) is 2.82. The first kappa shape index (κ1) is 12.6. The van der Waals surface area contributed by atoms with Gasteiger partial charge in [0.1, 0.15) is 5.82 Å². The van der Waals surface area contributed by atoms with Crippen molar-refractivity contribution in [2.45, 2.75) is 31.8 Å². The summed E-state index contributed by atoms with van der Waals surface area (Å²) < 4.78 is 2.23. The van der Waals surface area contributed by atoms with Crippen LogP contribution in [0.4, 0.5) is 0 Å². The molecule has 2 heterocycles. The maximum absolute atomic E-state index is 6.11. The molecule has 0 aliphatic carbocycles. The second kappa shape index (κ2) is 4.71. The molecule has 4 rings (SSSR count). The Morgan fingerprint density at radius 2 is 1.95 bits per heavy atom. The molecule has 2 N–H and O–H groups in total. The zero-order valence-electron chi connectivity index (χ0n) is 12.2. The van der Waals surface area contributed by atoms with Crippen LogP contribution in [0.5, 0.6) is 0 Å². The minimum Gasteiger partial charge on any atom is -0.332 e. The van der Waals surface area contributed by atoms with Gasteiger partial charge >= 0.3 is 0 Å². The van der Waals surface area contributed by atoms with Crippen LogP contribution in [0.3, 0.4) is 0 Å². The molecule has 2 unspecified atom stereocenters. The summed E-state index contributed by atoms with van der Waals surface area (Å²) in [6.45, 7) is 3.09. The van der Waals surface area contributed by atoms with Gasteiger partial charge in [0.05, 0.1) is 5.69 Å². The van der Waals surface area contributed by atoms with E-state index in [0.717, 1.165) is 18.7 Å². The molecule has 2 aromatic carbocycles. The maximum atomic E-state index is 6.11. The fourth-order valence-corrected chi connectivity index (χ4v) is 3.34. The van der Waals surface area contributed by atoms with Gasteiger partial charge in [-0.2, -0.15) is 0 Å². The molecule has 0 saturated carbocycles. The summed E-state index contributed by atoms with van der Waals surface area (Å²) in [4.78, 5) is 4.85. The highest BCUT2D eigenvalue weighted by atomic mass is 15.1. The summed E-state index contributed by atoms with van der Waals surface area (Å²) in [6.07, 6.45) is 3.17. The lowest BCUT2D eigenvalue weighted by Gasteiger charge is -2.25. The number of aromatic nitrogens is 2. The van der Waals surface area contributed by atoms with E-state index in [1.807, 2.05) is 0 Å². The number of hydrogen-bond donors (Lipinski definition) is 1. The highest BCUT2D eigenvalue weighted by molar-refractivity contribution is 5.86. The fraction of sp³-hybridized carbons (Fsp3) is 0.278. The van der Waals surface area contributed by atoms with Gasteiger partial charge in [0.2, 0.25) is 0 Å². The van der Waals surface area contributed by atoms with Crippen LogP contribution in [0.2, 0.25) is 0 Å². The normalized spacial score (nSPS) is 21.4. The summed E-state index contributed by atoms with van der Waals surface area (Å²) >= 11 is 0. The van der Waals surface area contributed by atoms with Crippen LogP contribution in [0, 0.1) is 0 Å². The van der Waals surface area contributed by atoms with E-state index >= 15 is 0 Å². The van der Waals surface area contributed by atoms with Crippen LogP contribution >= 0.6 is 0 Å². The van der Waals surface area contributed by atoms with E-state index in [0.29, 0.717) is 5.92 Å². The molecule has 2 atom stereocenters. The van der Waals surface area contributed by atoms with Crippen molar-refractivity contribution < 1.29 is 0 Å². The predicted octanol–water partition coefficient (Wildman–Crippen LogP) is 3.54. The molecule has 0 radical (unpaired) electrons. The lowest BCUT2D eigenvalue weighted by Crippen LogP contribution is -2.33. The van der Waals surface area contributed by atoms with Crippen molar-refractivity contribution in [1.82, 2.24) is 9.55 Å². The standard InChI is InChI=1S/C18H19N3/c1-12-8-16(19)10-21-11-17(20-18(12)21)15-7-6-13-4-2-3-5-14(13)9-15/h2-7,9,11-12,16H,8,10,19H2,1H3. The first-order chi connectivity index (χ1) is 10.2. The van der Waals surface area contributed by atoms with E-state index < -0.39 is 0 Å². The lowest BCUT2D eigenvalue weighted by molar-refractivity contribution is 0.407. The Morgan fingerprint density at radius 1 is 1.14 bits per heavy atom. The van der Waals surface area contributed by atoms with Gasteiger partial charge in [-0.15, -0.1) is 0 Å². The van der Waals surface area contributed by atoms with Crippen LogP contribution in [0.15, 0.2) is 48.7 Å². The molecule has 1 aromatic heterocycles. The van der Waals surface area contributed by atoms with Crippen molar-refractivity contribution in [3.05, 3.63) is 54.5 Å². The molecule has 106 valence electrons. The van der Waals surface area contributed by atoms with Gasteiger partial charge in [-0.1, -0.05) is 43.3 Å². The zero-order valence-corrected chi connectivity index (χ0v) is 12.2. The third-order valence-corrected chi connectivity index (χ3v) is 4.38. The minimum atomic E-state index is 0.242. The molecule has 0 saturated heterocycles. The molecule has 3 nitrogen and oxygen atoms in total. The maximum Gasteiger partial charge on any atom is 0.112 e. The summed E-state index contributed by atoms with van der Waals surface area (Å²) in [5.41, 5.74) is 8.34. The number of fused-ring (bicyclic) bond motifs is 2. The van der Waals surface area contributed by atoms with Crippen LogP contribution in [-0.2, 0) is 6.54 Å². The van der Waals surface area contributed by atoms with Crippen molar-refractivity contribution in [3.63, 3.8) is 0 Å². The quantitative estimate of drug-likeness (QED) is 0.739. The molecule has 3 aromatic rings. The van der Waals surface area contributed by atoms with Gasteiger partial charge in [0.25, 0.3) is 0 Å². The van der Waals surface area contributed by atoms with Crippen LogP contribution in [0.1, 0.15) is 25.1 Å². The van der Waals surface area contributed by atoms with E-state index in [1.54, 1.807) is 0 Å². The van der Waals surface area contributed by atoms with E-state index in [1.165, 1.54) is 22.2 Å². The van der Waals surface area contributed by atoms with Crippen LogP contribution < -0.4 is 5.73 Å². The molecule has 21 heavy (non-hydrogen) atoms. The second-order valence-electron chi connectivity index (χ2n) is 6.10. The average molecular weight is 277 g/mol. The molecule has 0 fully saturated rings. The summed E-state index contributed by atoms with van der Waals surface area (Å²) in [5.74, 6) is 1.60. The highest BCUT2D eigenvalue weighted by Crippen LogP contribution is 2.30. The smallest absolute Gasteiger partial charge is 0.112 e. The van der Waals surface area contributed by atoms with Gasteiger partial charge in [-0.05, 0) is 23.3 Å². The minimum absolute atomic E-state index is 0.242. The van der Waals surface area contributed by atoms with E-state index in [9.17, 15) is 0 Å². The van der Waals surface area contributed by atoms with Crippen molar-refractivity contribution in [1.29, 1.82) is 0 Å². The van der Waals surface area contributed by atoms with Gasteiger partial charge in [0.15, 0.2) is 0 Å². The Labute approximate surface area is 124 Å². The van der Waals surface area contributed by atoms with Crippen LogP contribution in [0.25, 0.3) is 22.0 Å². The molecular formula is C18H19N3. The van der Waals surface area contributed by atoms with Crippen molar-refractivity contribution in [2.24, 2.45) is 5.73 Å². The molecule has 3 heteroatoms. The summed E-state index contributed by atoms with van der Waals surface area (Å²) in [5, 5.41) is 2.52. The molecule has 0 amide bonds. The van der Waals surface area contributed by atoms with Crippen molar-refractivity contribution in [2.75, 3.05) is 0 Å². The Hall–Kier alpha value is -2.13. The van der Waals surface area contributed by atoms with Gasteiger partial charge in [-0.25, -0.2) is 4.98 Å². The van der Waals surface area contributed by atoms with E-state index in [2.05, 4.69) is 60.2 Å². The molecule has 1 aliphatic heterocycles. The molecule has 0 bridgehead atoms. The summed E-state index contributed by atoms with van der Waals surface area (Å²) in [6, 6.07) is 15.2.